The Morgan fingerprint density at radius 2 is 1.41 bits per heavy atom. The molecule has 1 atom stereocenters. The summed E-state index contributed by atoms with van der Waals surface area (Å²) in [6, 6.07) is 37.0. The van der Waals surface area contributed by atoms with Crippen molar-refractivity contribution in [3.63, 3.8) is 0 Å². The number of nitrogens with zero attached hydrogens (tertiary/aromatic N) is 6. The first-order valence-electron chi connectivity index (χ1n) is 19.4. The number of dihydropyridines is 1. The molecule has 0 fully saturated rings. The van der Waals surface area contributed by atoms with E-state index >= 15 is 0 Å². The van der Waals surface area contributed by atoms with Crippen molar-refractivity contribution in [2.45, 2.75) is 0 Å². The topological polar surface area (TPSA) is 60.4 Å². The maximum atomic E-state index is 4.60. The second kappa shape index (κ2) is 14.0. The van der Waals surface area contributed by atoms with E-state index in [2.05, 4.69) is 168 Å². The summed E-state index contributed by atoms with van der Waals surface area (Å²) in [5.41, 5.74) is 22.2. The molecule has 6 heteroatoms. The van der Waals surface area contributed by atoms with Crippen molar-refractivity contribution in [2.24, 2.45) is 15.9 Å². The predicted molar refractivity (Wildman–Crippen MR) is 239 cm³/mol. The quantitative estimate of drug-likeness (QED) is 0.159. The Morgan fingerprint density at radius 1 is 0.621 bits per heavy atom. The monoisotopic (exact) mass is 742 g/mol. The molecule has 6 heterocycles. The molecule has 8 aromatic rings. The van der Waals surface area contributed by atoms with Crippen LogP contribution in [0.2, 0.25) is 0 Å². The summed E-state index contributed by atoms with van der Waals surface area (Å²) in [5, 5.41) is 3.45. The van der Waals surface area contributed by atoms with Crippen LogP contribution in [-0.4, -0.2) is 38.1 Å². The number of pyridine rings is 2. The number of allylic oxidation sites excluding steroid dienone is 5. The first-order valence-corrected chi connectivity index (χ1v) is 19.4. The Bertz CT molecular complexity index is 3280. The minimum absolute atomic E-state index is 0.262. The van der Waals surface area contributed by atoms with Gasteiger partial charge < -0.3 is 9.13 Å². The molecule has 4 aromatic carbocycles. The van der Waals surface area contributed by atoms with E-state index in [0.29, 0.717) is 0 Å². The molecular formula is C52H34N6. The van der Waals surface area contributed by atoms with Crippen LogP contribution in [0.25, 0.3) is 78.0 Å². The first kappa shape index (κ1) is 33.5. The molecule has 0 radical (unpaired) electrons. The van der Waals surface area contributed by atoms with Crippen molar-refractivity contribution in [1.29, 1.82) is 0 Å². The molecule has 0 saturated carbocycles. The highest BCUT2D eigenvalue weighted by Gasteiger charge is 2.20. The summed E-state index contributed by atoms with van der Waals surface area (Å²) in [4.78, 5) is 18.0. The first-order chi connectivity index (χ1) is 28.8. The van der Waals surface area contributed by atoms with Gasteiger partial charge >= 0.3 is 0 Å². The Balaban J connectivity index is 1.02. The third kappa shape index (κ3) is 5.77. The van der Waals surface area contributed by atoms with Gasteiger partial charge in [-0.2, -0.15) is 0 Å². The molecule has 0 saturated heterocycles. The molecule has 0 amide bonds. The highest BCUT2D eigenvalue weighted by Crippen LogP contribution is 2.38. The average Bonchev–Trinajstić information content (AvgIpc) is 3.48. The van der Waals surface area contributed by atoms with Crippen molar-refractivity contribution in [1.82, 2.24) is 19.1 Å². The van der Waals surface area contributed by atoms with Crippen molar-refractivity contribution in [3.05, 3.63) is 204 Å². The zero-order valence-electron chi connectivity index (χ0n) is 31.4. The van der Waals surface area contributed by atoms with Crippen LogP contribution in [0.1, 0.15) is 16.8 Å². The van der Waals surface area contributed by atoms with E-state index in [0.717, 1.165) is 89.9 Å². The van der Waals surface area contributed by atoms with E-state index in [9.17, 15) is 0 Å². The van der Waals surface area contributed by atoms with Crippen molar-refractivity contribution >= 4 is 56.8 Å². The van der Waals surface area contributed by atoms with Gasteiger partial charge in [-0.15, -0.1) is 11.5 Å². The lowest BCUT2D eigenvalue weighted by Crippen LogP contribution is -2.06. The zero-order valence-corrected chi connectivity index (χ0v) is 31.4. The van der Waals surface area contributed by atoms with Gasteiger partial charge in [-0.05, 0) is 113 Å². The van der Waals surface area contributed by atoms with Crippen LogP contribution in [0.15, 0.2) is 198 Å². The highest BCUT2D eigenvalue weighted by atomic mass is 15.0. The molecule has 11 rings (SSSR count). The standard InChI is InChI=1S/C52H34N6/c1-7-35(16-17-36(8-1)41-11-4-23-53-31-41)39-18-20-49-47(28-39)45-15-6-25-55-33-51(45)57(49)43-13-3-14-44(30-43)58-50-21-19-40(29-48(50)46-22-26-56-34-52(46)58)37-9-2-10-38(27-37)42-12-5-24-54-32-42/h1-5,7-15,17-30,32-34,41H,31H2. The third-order valence-corrected chi connectivity index (χ3v) is 11.2. The largest absolute Gasteiger partial charge is 0.308 e. The van der Waals surface area contributed by atoms with Crippen molar-refractivity contribution in [2.75, 3.05) is 6.54 Å². The van der Waals surface area contributed by atoms with Gasteiger partial charge in [0.2, 0.25) is 0 Å². The third-order valence-electron chi connectivity index (χ3n) is 11.2. The number of fused-ring (bicyclic) bond motifs is 6. The molecule has 4 aromatic heterocycles. The number of benzene rings is 4. The minimum atomic E-state index is 0.262. The summed E-state index contributed by atoms with van der Waals surface area (Å²) < 4.78 is 4.63. The molecule has 2 aliphatic heterocycles. The maximum Gasteiger partial charge on any atom is 0.0730 e. The normalized spacial score (nSPS) is 15.6. The Morgan fingerprint density at radius 3 is 2.29 bits per heavy atom. The highest BCUT2D eigenvalue weighted by molar-refractivity contribution is 6.10. The van der Waals surface area contributed by atoms with Crippen molar-refractivity contribution in [3.8, 4) is 33.6 Å². The number of rotatable bonds is 6. The summed E-state index contributed by atoms with van der Waals surface area (Å²) in [7, 11) is 0. The average molecular weight is 743 g/mol. The number of hydrogen-bond acceptors (Lipinski definition) is 4. The predicted octanol–water partition coefficient (Wildman–Crippen LogP) is 11.7. The van der Waals surface area contributed by atoms with Crippen LogP contribution >= 0.6 is 0 Å². The Kier molecular flexibility index (Phi) is 8.08. The Hall–Kier alpha value is -7.88. The molecule has 0 spiro atoms. The summed E-state index contributed by atoms with van der Waals surface area (Å²) in [6.45, 7) is 0.759. The summed E-state index contributed by atoms with van der Waals surface area (Å²) in [6.07, 6.45) is 27.9. The van der Waals surface area contributed by atoms with E-state index in [1.54, 1.807) is 6.20 Å². The number of aliphatic imine (C=N–C) groups is 2. The van der Waals surface area contributed by atoms with Crippen LogP contribution in [0.4, 0.5) is 0 Å². The van der Waals surface area contributed by atoms with Gasteiger partial charge in [-0.3, -0.25) is 20.0 Å². The van der Waals surface area contributed by atoms with Gasteiger partial charge in [0.25, 0.3) is 0 Å². The second-order valence-electron chi connectivity index (χ2n) is 14.6. The molecule has 58 heavy (non-hydrogen) atoms. The summed E-state index contributed by atoms with van der Waals surface area (Å²) >= 11 is 0. The van der Waals surface area contributed by atoms with Crippen LogP contribution in [-0.2, 0) is 0 Å². The van der Waals surface area contributed by atoms with Crippen molar-refractivity contribution < 1.29 is 0 Å². The molecule has 1 unspecified atom stereocenters. The van der Waals surface area contributed by atoms with Gasteiger partial charge in [0.05, 0.1) is 40.9 Å². The molecule has 272 valence electrons. The van der Waals surface area contributed by atoms with Gasteiger partial charge in [-0.1, -0.05) is 60.7 Å². The van der Waals surface area contributed by atoms with Crippen LogP contribution < -0.4 is 0 Å². The van der Waals surface area contributed by atoms with E-state index in [-0.39, 0.29) is 5.92 Å². The molecule has 3 aliphatic rings. The van der Waals surface area contributed by atoms with Crippen LogP contribution in [0, 0.1) is 5.92 Å². The second-order valence-corrected chi connectivity index (χ2v) is 14.6. The van der Waals surface area contributed by atoms with Crippen LogP contribution in [0.3, 0.4) is 0 Å². The summed E-state index contributed by atoms with van der Waals surface area (Å²) in [5.74, 6) is 0.262. The lowest BCUT2D eigenvalue weighted by molar-refractivity contribution is 0.784. The fraction of sp³-hybridized carbons (Fsp3) is 0.0385. The van der Waals surface area contributed by atoms with Gasteiger partial charge in [0.1, 0.15) is 0 Å². The fourth-order valence-electron chi connectivity index (χ4n) is 8.46. The van der Waals surface area contributed by atoms with E-state index in [1.807, 2.05) is 55.4 Å². The number of hydrogen-bond donors (Lipinski definition) is 0. The lowest BCUT2D eigenvalue weighted by atomic mass is 9.97. The lowest BCUT2D eigenvalue weighted by Gasteiger charge is -2.13. The molecule has 0 bridgehead atoms. The van der Waals surface area contributed by atoms with Crippen LogP contribution in [0.5, 0.6) is 0 Å². The Labute approximate surface area is 335 Å². The van der Waals surface area contributed by atoms with Gasteiger partial charge in [0, 0.05) is 81.5 Å². The molecular weight excluding hydrogens is 709 g/mol. The smallest absolute Gasteiger partial charge is 0.0730 e. The van der Waals surface area contributed by atoms with E-state index in [4.69, 9.17) is 0 Å². The fourth-order valence-corrected chi connectivity index (χ4v) is 8.46. The van der Waals surface area contributed by atoms with Gasteiger partial charge in [0.15, 0.2) is 0 Å². The minimum Gasteiger partial charge on any atom is -0.308 e. The molecule has 1 aliphatic carbocycles. The van der Waals surface area contributed by atoms with Gasteiger partial charge in [-0.25, -0.2) is 0 Å². The maximum absolute atomic E-state index is 4.60. The molecule has 0 N–H and O–H groups in total. The zero-order chi connectivity index (χ0) is 38.4. The SMILES string of the molecule is C1=CN=Cc2c(c3cc(C4=C=CC(C5C=CC=NC5)=CC=C4)ccc3n2-c2cccc(-n3c4ccc(-c5cccc(-c6cccnc6)c5)cc4c4ccncc43)c2)C=1. The van der Waals surface area contributed by atoms with E-state index in [1.165, 1.54) is 11.0 Å². The molecule has 6 nitrogen and oxygen atoms in total. The number of aromatic nitrogens is 4. The van der Waals surface area contributed by atoms with E-state index < -0.39 is 0 Å².